The van der Waals surface area contributed by atoms with Crippen molar-refractivity contribution in [3.8, 4) is 5.75 Å². The summed E-state index contributed by atoms with van der Waals surface area (Å²) in [4.78, 5) is 15.7. The van der Waals surface area contributed by atoms with Crippen molar-refractivity contribution in [2.75, 3.05) is 57.1 Å². The Labute approximate surface area is 201 Å². The molecule has 8 nitrogen and oxygen atoms in total. The maximum Gasteiger partial charge on any atom is 0.416 e. The molecule has 0 amide bonds. The summed E-state index contributed by atoms with van der Waals surface area (Å²) in [6.45, 7) is 2.97. The molecule has 2 saturated heterocycles. The Balaban J connectivity index is 1.74. The standard InChI is InChI=1S/C23H26F3N3O5S/c1-28-10-15-12-29(13-16(15)11-28)19-6-5-17(23(24,25)26)9-18(19)27-35(31,32)21-8-14(22(30)34-3)4-7-20(21)33-2/h4-9,15-16,27H,10-13H2,1-3H3. The van der Waals surface area contributed by atoms with Gasteiger partial charge in [-0.25, -0.2) is 13.2 Å². The smallest absolute Gasteiger partial charge is 0.416 e. The zero-order valence-electron chi connectivity index (χ0n) is 19.4. The fraction of sp³-hybridized carbons (Fsp3) is 0.435. The maximum absolute atomic E-state index is 13.5. The van der Waals surface area contributed by atoms with E-state index in [-0.39, 0.29) is 17.0 Å². The van der Waals surface area contributed by atoms with E-state index in [9.17, 15) is 26.4 Å². The van der Waals surface area contributed by atoms with Crippen LogP contribution in [0.3, 0.4) is 0 Å². The van der Waals surface area contributed by atoms with Crippen LogP contribution in [0, 0.1) is 11.8 Å². The fourth-order valence-corrected chi connectivity index (χ4v) is 6.09. The molecule has 2 fully saturated rings. The highest BCUT2D eigenvalue weighted by atomic mass is 32.2. The summed E-state index contributed by atoms with van der Waals surface area (Å²) in [5.41, 5.74) is -0.858. The highest BCUT2D eigenvalue weighted by Gasteiger charge is 2.40. The SMILES string of the molecule is COC(=O)c1ccc(OC)c(S(=O)(=O)Nc2cc(C(F)(F)F)ccc2N2CC3CN(C)CC3C2)c1. The average Bonchev–Trinajstić information content (AvgIpc) is 3.34. The molecule has 190 valence electrons. The summed E-state index contributed by atoms with van der Waals surface area (Å²) >= 11 is 0. The number of hydrogen-bond acceptors (Lipinski definition) is 7. The van der Waals surface area contributed by atoms with E-state index < -0.39 is 32.6 Å². The summed E-state index contributed by atoms with van der Waals surface area (Å²) in [6, 6.07) is 6.73. The number of nitrogens with one attached hydrogen (secondary N) is 1. The van der Waals surface area contributed by atoms with Gasteiger partial charge in [-0.05, 0) is 55.3 Å². The number of fused-ring (bicyclic) bond motifs is 1. The molecule has 2 aromatic rings. The number of carbonyl (C=O) groups excluding carboxylic acids is 1. The number of methoxy groups -OCH3 is 2. The fourth-order valence-electron chi connectivity index (χ4n) is 4.83. The molecule has 0 spiro atoms. The lowest BCUT2D eigenvalue weighted by Crippen LogP contribution is -2.28. The molecule has 1 N–H and O–H groups in total. The van der Waals surface area contributed by atoms with Crippen molar-refractivity contribution in [2.45, 2.75) is 11.1 Å². The third-order valence-electron chi connectivity index (χ3n) is 6.45. The van der Waals surface area contributed by atoms with E-state index in [1.807, 2.05) is 11.9 Å². The van der Waals surface area contributed by atoms with Crippen LogP contribution in [0.1, 0.15) is 15.9 Å². The summed E-state index contributed by atoms with van der Waals surface area (Å²) < 4.78 is 79.3. The van der Waals surface area contributed by atoms with E-state index in [0.717, 1.165) is 38.4 Å². The van der Waals surface area contributed by atoms with Crippen LogP contribution in [-0.2, 0) is 20.9 Å². The van der Waals surface area contributed by atoms with Gasteiger partial charge in [-0.3, -0.25) is 4.72 Å². The van der Waals surface area contributed by atoms with Crippen LogP contribution < -0.4 is 14.4 Å². The van der Waals surface area contributed by atoms with Crippen LogP contribution in [0.2, 0.25) is 0 Å². The molecule has 0 aromatic heterocycles. The molecule has 2 aromatic carbocycles. The zero-order valence-corrected chi connectivity index (χ0v) is 20.2. The second-order valence-electron chi connectivity index (χ2n) is 8.84. The maximum atomic E-state index is 13.5. The van der Waals surface area contributed by atoms with Crippen LogP contribution in [0.25, 0.3) is 0 Å². The number of halogens is 3. The number of alkyl halides is 3. The second kappa shape index (κ2) is 9.23. The predicted octanol–water partition coefficient (Wildman–Crippen LogP) is 3.30. The van der Waals surface area contributed by atoms with Crippen molar-refractivity contribution in [2.24, 2.45) is 11.8 Å². The first-order chi connectivity index (χ1) is 16.4. The molecule has 0 radical (unpaired) electrons. The number of esters is 1. The molecule has 0 aliphatic carbocycles. The monoisotopic (exact) mass is 513 g/mol. The summed E-state index contributed by atoms with van der Waals surface area (Å²) in [5, 5.41) is 0. The number of hydrogen-bond donors (Lipinski definition) is 1. The quantitative estimate of drug-likeness (QED) is 0.593. The molecule has 35 heavy (non-hydrogen) atoms. The van der Waals surface area contributed by atoms with E-state index in [2.05, 4.69) is 14.4 Å². The molecule has 4 rings (SSSR count). The van der Waals surface area contributed by atoms with Crippen molar-refractivity contribution >= 4 is 27.4 Å². The van der Waals surface area contributed by atoms with Crippen molar-refractivity contribution in [3.63, 3.8) is 0 Å². The van der Waals surface area contributed by atoms with Gasteiger partial charge in [0.2, 0.25) is 0 Å². The summed E-state index contributed by atoms with van der Waals surface area (Å²) in [6.07, 6.45) is -4.66. The van der Waals surface area contributed by atoms with Crippen molar-refractivity contribution in [3.05, 3.63) is 47.5 Å². The van der Waals surface area contributed by atoms with Crippen LogP contribution in [-0.4, -0.2) is 66.7 Å². The number of rotatable bonds is 6. The van der Waals surface area contributed by atoms with Gasteiger partial charge in [-0.2, -0.15) is 13.2 Å². The van der Waals surface area contributed by atoms with Crippen LogP contribution in [0.5, 0.6) is 5.75 Å². The molecule has 2 atom stereocenters. The molecule has 2 aliphatic heterocycles. The van der Waals surface area contributed by atoms with Crippen molar-refractivity contribution < 1.29 is 35.9 Å². The molecule has 12 heteroatoms. The second-order valence-corrected chi connectivity index (χ2v) is 10.5. The van der Waals surface area contributed by atoms with Gasteiger partial charge in [0.25, 0.3) is 10.0 Å². The predicted molar refractivity (Wildman–Crippen MR) is 123 cm³/mol. The topological polar surface area (TPSA) is 88.2 Å². The lowest BCUT2D eigenvalue weighted by molar-refractivity contribution is -0.137. The molecule has 0 bridgehead atoms. The Morgan fingerprint density at radius 2 is 1.69 bits per heavy atom. The van der Waals surface area contributed by atoms with Crippen LogP contribution >= 0.6 is 0 Å². The minimum absolute atomic E-state index is 0.0468. The van der Waals surface area contributed by atoms with Gasteiger partial charge < -0.3 is 19.3 Å². The normalized spacial score (nSPS) is 20.6. The lowest BCUT2D eigenvalue weighted by atomic mass is 10.0. The number of sulfonamides is 1. The minimum atomic E-state index is -4.66. The van der Waals surface area contributed by atoms with Gasteiger partial charge in [0, 0.05) is 26.2 Å². The molecular weight excluding hydrogens is 487 g/mol. The van der Waals surface area contributed by atoms with E-state index in [0.29, 0.717) is 30.6 Å². The van der Waals surface area contributed by atoms with E-state index in [4.69, 9.17) is 4.74 Å². The molecule has 2 aliphatic rings. The summed E-state index contributed by atoms with van der Waals surface area (Å²) in [7, 11) is -0.0213. The Morgan fingerprint density at radius 1 is 1.03 bits per heavy atom. The number of likely N-dealkylation sites (tertiary alicyclic amines) is 1. The van der Waals surface area contributed by atoms with Gasteiger partial charge in [0.15, 0.2) is 0 Å². The Bertz CT molecular complexity index is 1220. The van der Waals surface area contributed by atoms with Crippen molar-refractivity contribution in [1.29, 1.82) is 0 Å². The molecular formula is C23H26F3N3O5S. The third kappa shape index (κ3) is 5.03. The van der Waals surface area contributed by atoms with Crippen LogP contribution in [0.15, 0.2) is 41.3 Å². The first-order valence-corrected chi connectivity index (χ1v) is 12.3. The number of anilines is 2. The number of benzene rings is 2. The average molecular weight is 514 g/mol. The number of carbonyl (C=O) groups is 1. The van der Waals surface area contributed by atoms with Gasteiger partial charge in [-0.15, -0.1) is 0 Å². The third-order valence-corrected chi connectivity index (χ3v) is 7.84. The highest BCUT2D eigenvalue weighted by molar-refractivity contribution is 7.92. The Hall–Kier alpha value is -2.99. The lowest BCUT2D eigenvalue weighted by Gasteiger charge is -2.25. The Morgan fingerprint density at radius 3 is 2.26 bits per heavy atom. The summed E-state index contributed by atoms with van der Waals surface area (Å²) in [5.74, 6) is -0.137. The number of ether oxygens (including phenoxy) is 2. The number of nitrogens with zero attached hydrogens (tertiary/aromatic N) is 2. The van der Waals surface area contributed by atoms with E-state index in [1.54, 1.807) is 0 Å². The van der Waals surface area contributed by atoms with Gasteiger partial charge >= 0.3 is 12.1 Å². The van der Waals surface area contributed by atoms with E-state index >= 15 is 0 Å². The largest absolute Gasteiger partial charge is 0.495 e. The zero-order chi connectivity index (χ0) is 25.5. The van der Waals surface area contributed by atoms with Crippen LogP contribution in [0.4, 0.5) is 24.5 Å². The van der Waals surface area contributed by atoms with E-state index in [1.165, 1.54) is 25.3 Å². The first kappa shape index (κ1) is 25.1. The minimum Gasteiger partial charge on any atom is -0.495 e. The first-order valence-electron chi connectivity index (χ1n) is 10.9. The van der Waals surface area contributed by atoms with Gasteiger partial charge in [-0.1, -0.05) is 0 Å². The molecule has 0 saturated carbocycles. The van der Waals surface area contributed by atoms with Gasteiger partial charge in [0.1, 0.15) is 10.6 Å². The highest BCUT2D eigenvalue weighted by Crippen LogP contribution is 2.41. The van der Waals surface area contributed by atoms with Crippen molar-refractivity contribution in [1.82, 2.24) is 4.90 Å². The Kier molecular flexibility index (Phi) is 6.62. The molecule has 2 heterocycles. The molecule has 2 unspecified atom stereocenters. The van der Waals surface area contributed by atoms with Gasteiger partial charge in [0.05, 0.1) is 36.7 Å².